The number of hydrogen-bond donors (Lipinski definition) is 2. The van der Waals surface area contributed by atoms with E-state index in [0.717, 1.165) is 11.1 Å². The largest absolute Gasteiger partial charge is 0.411 e. The van der Waals surface area contributed by atoms with Gasteiger partial charge in [-0.1, -0.05) is 55.8 Å². The zero-order valence-corrected chi connectivity index (χ0v) is 17.8. The van der Waals surface area contributed by atoms with Crippen LogP contribution in [0.2, 0.25) is 0 Å². The third-order valence-electron chi connectivity index (χ3n) is 4.57. The molecule has 0 aliphatic carbocycles. The maximum absolute atomic E-state index is 12.6. The molecule has 0 heterocycles. The first-order chi connectivity index (χ1) is 14.5. The Balaban J connectivity index is 1.88. The fraction of sp³-hybridized carbons (Fsp3) is 0.391. The lowest BCUT2D eigenvalue weighted by molar-refractivity contribution is -0.176. The van der Waals surface area contributed by atoms with Crippen molar-refractivity contribution in [2.24, 2.45) is 5.92 Å². The molecule has 0 fully saturated rings. The van der Waals surface area contributed by atoms with E-state index in [1.807, 2.05) is 32.9 Å². The quantitative estimate of drug-likeness (QED) is 0.621. The average molecular weight is 436 g/mol. The molecule has 0 spiro atoms. The number of rotatable bonds is 9. The molecular formula is C23H27F3N2O3. The predicted molar refractivity (Wildman–Crippen MR) is 111 cm³/mol. The van der Waals surface area contributed by atoms with Crippen LogP contribution < -0.4 is 10.6 Å². The number of nitrogens with one attached hydrogen (secondary N) is 2. The highest BCUT2D eigenvalue weighted by Gasteiger charge is 2.27. The van der Waals surface area contributed by atoms with E-state index in [1.54, 1.807) is 36.4 Å². The van der Waals surface area contributed by atoms with Gasteiger partial charge in [0.15, 0.2) is 0 Å². The molecule has 2 aromatic rings. The lowest BCUT2D eigenvalue weighted by Gasteiger charge is -2.22. The summed E-state index contributed by atoms with van der Waals surface area (Å²) in [5.41, 5.74) is 2.89. The van der Waals surface area contributed by atoms with Gasteiger partial charge in [-0.3, -0.25) is 9.59 Å². The molecule has 2 N–H and O–H groups in total. The molecule has 0 saturated heterocycles. The second kappa shape index (κ2) is 10.9. The number of carbonyl (C=O) groups is 2. The summed E-state index contributed by atoms with van der Waals surface area (Å²) in [7, 11) is 0. The highest BCUT2D eigenvalue weighted by atomic mass is 19.4. The number of ether oxygens (including phenoxy) is 1. The molecule has 2 aromatic carbocycles. The fourth-order valence-electron chi connectivity index (χ4n) is 2.80. The molecule has 0 aliphatic heterocycles. The normalized spacial score (nSPS) is 12.5. The van der Waals surface area contributed by atoms with E-state index < -0.39 is 18.8 Å². The van der Waals surface area contributed by atoms with Gasteiger partial charge in [0, 0.05) is 12.1 Å². The van der Waals surface area contributed by atoms with Crippen molar-refractivity contribution in [3.05, 3.63) is 70.8 Å². The van der Waals surface area contributed by atoms with Crippen LogP contribution in [0.4, 0.5) is 13.2 Å². The van der Waals surface area contributed by atoms with Gasteiger partial charge < -0.3 is 15.4 Å². The Bertz CT molecular complexity index is 863. The van der Waals surface area contributed by atoms with Gasteiger partial charge in [0.05, 0.1) is 6.61 Å². The van der Waals surface area contributed by atoms with Gasteiger partial charge in [0.2, 0.25) is 5.91 Å². The zero-order valence-electron chi connectivity index (χ0n) is 17.8. The highest BCUT2D eigenvalue weighted by Crippen LogP contribution is 2.16. The number of alkyl halides is 3. The summed E-state index contributed by atoms with van der Waals surface area (Å²) in [4.78, 5) is 25.1. The van der Waals surface area contributed by atoms with Gasteiger partial charge in [-0.25, -0.2) is 0 Å². The average Bonchev–Trinajstić information content (AvgIpc) is 2.70. The molecule has 0 aromatic heterocycles. The van der Waals surface area contributed by atoms with E-state index in [1.165, 1.54) is 0 Å². The Morgan fingerprint density at radius 1 is 0.968 bits per heavy atom. The van der Waals surface area contributed by atoms with E-state index in [9.17, 15) is 22.8 Å². The Labute approximate surface area is 180 Å². The minimum atomic E-state index is -4.36. The fourth-order valence-corrected chi connectivity index (χ4v) is 2.80. The van der Waals surface area contributed by atoms with Crippen LogP contribution in [0.1, 0.15) is 40.9 Å². The van der Waals surface area contributed by atoms with E-state index in [-0.39, 0.29) is 30.9 Å². The van der Waals surface area contributed by atoms with Crippen molar-refractivity contribution < 1.29 is 27.5 Å². The molecule has 0 bridgehead atoms. The summed E-state index contributed by atoms with van der Waals surface area (Å²) in [6.45, 7) is 4.40. The lowest BCUT2D eigenvalue weighted by atomic mass is 10.0. The number of benzene rings is 2. The van der Waals surface area contributed by atoms with Crippen molar-refractivity contribution in [1.29, 1.82) is 0 Å². The first-order valence-electron chi connectivity index (χ1n) is 9.92. The summed E-state index contributed by atoms with van der Waals surface area (Å²) in [6, 6.07) is 13.1. The second-order valence-electron chi connectivity index (χ2n) is 7.70. The van der Waals surface area contributed by atoms with Crippen LogP contribution in [0, 0.1) is 12.8 Å². The third kappa shape index (κ3) is 8.41. The predicted octanol–water partition coefficient (Wildman–Crippen LogP) is 4.14. The molecule has 2 rings (SSSR count). The van der Waals surface area contributed by atoms with Crippen molar-refractivity contribution in [1.82, 2.24) is 10.6 Å². The maximum Gasteiger partial charge on any atom is 0.411 e. The van der Waals surface area contributed by atoms with E-state index >= 15 is 0 Å². The van der Waals surface area contributed by atoms with Gasteiger partial charge in [-0.05, 0) is 36.1 Å². The number of halogens is 3. The molecule has 0 radical (unpaired) electrons. The van der Waals surface area contributed by atoms with Crippen molar-refractivity contribution in [2.75, 3.05) is 6.61 Å². The summed E-state index contributed by atoms with van der Waals surface area (Å²) in [5.74, 6) is -0.757. The summed E-state index contributed by atoms with van der Waals surface area (Å²) in [5, 5.41) is 5.57. The molecule has 0 saturated carbocycles. The monoisotopic (exact) mass is 436 g/mol. The second-order valence-corrected chi connectivity index (χ2v) is 7.70. The molecule has 2 amide bonds. The summed E-state index contributed by atoms with van der Waals surface area (Å²) >= 11 is 0. The van der Waals surface area contributed by atoms with Crippen LogP contribution in [0.15, 0.2) is 48.5 Å². The lowest BCUT2D eigenvalue weighted by Crippen LogP contribution is -2.49. The van der Waals surface area contributed by atoms with Gasteiger partial charge in [-0.2, -0.15) is 13.2 Å². The molecule has 168 valence electrons. The molecule has 5 nitrogen and oxygen atoms in total. The summed E-state index contributed by atoms with van der Waals surface area (Å²) < 4.78 is 41.0. The molecule has 0 aliphatic rings. The Morgan fingerprint density at radius 2 is 1.55 bits per heavy atom. The minimum Gasteiger partial charge on any atom is -0.367 e. The van der Waals surface area contributed by atoms with Gasteiger partial charge in [0.25, 0.3) is 5.91 Å². The Kier molecular flexibility index (Phi) is 8.62. The van der Waals surface area contributed by atoms with Crippen LogP contribution in [0.25, 0.3) is 0 Å². The van der Waals surface area contributed by atoms with Gasteiger partial charge in [0.1, 0.15) is 12.6 Å². The Morgan fingerprint density at radius 3 is 2.10 bits per heavy atom. The first-order valence-corrected chi connectivity index (χ1v) is 9.92. The third-order valence-corrected chi connectivity index (χ3v) is 4.57. The molecule has 8 heteroatoms. The SMILES string of the molecule is Cc1ccc(C(=O)NC(C(=O)NCc2ccc(COCC(F)(F)F)cc2)C(C)C)cc1. The Hall–Kier alpha value is -2.87. The first kappa shape index (κ1) is 24.4. The van der Waals surface area contributed by atoms with Crippen LogP contribution in [0.5, 0.6) is 0 Å². The summed E-state index contributed by atoms with van der Waals surface area (Å²) in [6.07, 6.45) is -4.36. The van der Waals surface area contributed by atoms with E-state index in [4.69, 9.17) is 0 Å². The van der Waals surface area contributed by atoms with Crippen molar-refractivity contribution >= 4 is 11.8 Å². The molecular weight excluding hydrogens is 409 g/mol. The maximum atomic E-state index is 12.6. The minimum absolute atomic E-state index is 0.123. The van der Waals surface area contributed by atoms with E-state index in [0.29, 0.717) is 11.1 Å². The smallest absolute Gasteiger partial charge is 0.367 e. The van der Waals surface area contributed by atoms with Crippen molar-refractivity contribution in [3.8, 4) is 0 Å². The molecule has 1 atom stereocenters. The molecule has 31 heavy (non-hydrogen) atoms. The van der Waals surface area contributed by atoms with Crippen LogP contribution >= 0.6 is 0 Å². The molecule has 1 unspecified atom stereocenters. The van der Waals surface area contributed by atoms with Crippen LogP contribution in [0.3, 0.4) is 0 Å². The number of hydrogen-bond acceptors (Lipinski definition) is 3. The number of amides is 2. The van der Waals surface area contributed by atoms with Gasteiger partial charge >= 0.3 is 6.18 Å². The number of carbonyl (C=O) groups excluding carboxylic acids is 2. The van der Waals surface area contributed by atoms with Gasteiger partial charge in [-0.15, -0.1) is 0 Å². The van der Waals surface area contributed by atoms with Crippen LogP contribution in [-0.2, 0) is 22.7 Å². The zero-order chi connectivity index (χ0) is 23.0. The standard InChI is InChI=1S/C23H27F3N2O3/c1-15(2)20(28-21(29)19-10-4-16(3)5-11-19)22(30)27-12-17-6-8-18(9-7-17)13-31-14-23(24,25)26/h4-11,15,20H,12-14H2,1-3H3,(H,27,30)(H,28,29). The number of aryl methyl sites for hydroxylation is 1. The van der Waals surface area contributed by atoms with Crippen molar-refractivity contribution in [2.45, 2.75) is 46.1 Å². The van der Waals surface area contributed by atoms with Crippen molar-refractivity contribution in [3.63, 3.8) is 0 Å². The van der Waals surface area contributed by atoms with E-state index in [2.05, 4.69) is 15.4 Å². The van der Waals surface area contributed by atoms with Crippen LogP contribution in [-0.4, -0.2) is 30.6 Å². The highest BCUT2D eigenvalue weighted by molar-refractivity contribution is 5.97. The topological polar surface area (TPSA) is 67.4 Å².